The lowest BCUT2D eigenvalue weighted by Crippen LogP contribution is -2.25. The molecule has 29 heavy (non-hydrogen) atoms. The number of unbranched alkanes of at least 4 members (excludes halogenated alkanes) is 1. The summed E-state index contributed by atoms with van der Waals surface area (Å²) in [6, 6.07) is 3.76. The van der Waals surface area contributed by atoms with Gasteiger partial charge in [0, 0.05) is 24.6 Å². The van der Waals surface area contributed by atoms with Crippen LogP contribution in [0, 0.1) is 13.8 Å². The highest BCUT2D eigenvalue weighted by Gasteiger charge is 2.20. The van der Waals surface area contributed by atoms with Crippen molar-refractivity contribution in [2.45, 2.75) is 53.0 Å². The van der Waals surface area contributed by atoms with E-state index in [1.54, 1.807) is 16.9 Å². The Bertz CT molecular complexity index is 1050. The average molecular weight is 398 g/mol. The monoisotopic (exact) mass is 398 g/mol. The maximum Gasteiger partial charge on any atom is 0.303 e. The Balaban J connectivity index is 1.95. The van der Waals surface area contributed by atoms with Crippen LogP contribution in [0.1, 0.15) is 61.0 Å². The molecule has 1 amide bonds. The van der Waals surface area contributed by atoms with Crippen LogP contribution in [0.5, 0.6) is 0 Å². The van der Waals surface area contributed by atoms with Crippen molar-refractivity contribution < 1.29 is 19.1 Å². The molecule has 0 aromatic carbocycles. The zero-order chi connectivity index (χ0) is 21.1. The van der Waals surface area contributed by atoms with Gasteiger partial charge in [0.05, 0.1) is 22.8 Å². The lowest BCUT2D eigenvalue weighted by Gasteiger charge is -2.11. The molecule has 0 saturated heterocycles. The van der Waals surface area contributed by atoms with Crippen LogP contribution >= 0.6 is 0 Å². The summed E-state index contributed by atoms with van der Waals surface area (Å²) in [7, 11) is 0. The number of carbonyl (C=O) groups is 2. The van der Waals surface area contributed by atoms with E-state index < -0.39 is 5.97 Å². The first kappa shape index (κ1) is 20.6. The van der Waals surface area contributed by atoms with Crippen LogP contribution in [0.2, 0.25) is 0 Å². The molecule has 0 aliphatic heterocycles. The molecular weight excluding hydrogens is 372 g/mol. The van der Waals surface area contributed by atoms with Gasteiger partial charge in [-0.3, -0.25) is 9.59 Å². The van der Waals surface area contributed by atoms with Gasteiger partial charge in [-0.15, -0.1) is 0 Å². The summed E-state index contributed by atoms with van der Waals surface area (Å²) < 4.78 is 7.44. The number of carboxylic acids is 1. The number of pyridine rings is 1. The number of furan rings is 1. The zero-order valence-corrected chi connectivity index (χ0v) is 17.2. The smallest absolute Gasteiger partial charge is 0.303 e. The summed E-state index contributed by atoms with van der Waals surface area (Å²) in [5.41, 5.74) is 2.64. The van der Waals surface area contributed by atoms with E-state index in [0.717, 1.165) is 17.1 Å². The molecule has 0 aliphatic carbocycles. The first-order valence-corrected chi connectivity index (χ1v) is 9.73. The van der Waals surface area contributed by atoms with E-state index in [-0.39, 0.29) is 18.4 Å². The number of carboxylic acid groups (broad SMARTS) is 1. The molecule has 3 aromatic heterocycles. The fraction of sp³-hybridized carbons (Fsp3) is 0.429. The second-order valence-electron chi connectivity index (χ2n) is 7.41. The number of aryl methyl sites for hydroxylation is 2. The van der Waals surface area contributed by atoms with Crippen LogP contribution in [0.25, 0.3) is 22.3 Å². The van der Waals surface area contributed by atoms with Crippen molar-refractivity contribution in [1.82, 2.24) is 20.1 Å². The first-order chi connectivity index (χ1) is 13.8. The molecule has 3 heterocycles. The number of nitrogens with zero attached hydrogens (tertiary/aromatic N) is 3. The summed E-state index contributed by atoms with van der Waals surface area (Å²) in [6.45, 7) is 8.17. The molecule has 0 aliphatic rings. The van der Waals surface area contributed by atoms with Crippen LogP contribution in [0.3, 0.4) is 0 Å². The van der Waals surface area contributed by atoms with Crippen molar-refractivity contribution in [2.75, 3.05) is 6.54 Å². The molecule has 154 valence electrons. The van der Waals surface area contributed by atoms with Gasteiger partial charge in [-0.2, -0.15) is 5.10 Å². The van der Waals surface area contributed by atoms with Crippen molar-refractivity contribution in [2.24, 2.45) is 0 Å². The Morgan fingerprint density at radius 3 is 2.62 bits per heavy atom. The molecule has 2 N–H and O–H groups in total. The van der Waals surface area contributed by atoms with Gasteiger partial charge in [-0.05, 0) is 52.7 Å². The maximum absolute atomic E-state index is 12.9. The van der Waals surface area contributed by atoms with Gasteiger partial charge in [0.1, 0.15) is 11.5 Å². The lowest BCUT2D eigenvalue weighted by molar-refractivity contribution is -0.137. The Morgan fingerprint density at radius 2 is 2.00 bits per heavy atom. The number of aliphatic carboxylic acids is 1. The quantitative estimate of drug-likeness (QED) is 0.557. The minimum absolute atomic E-state index is 0.0920. The molecule has 0 bridgehead atoms. The number of amides is 1. The van der Waals surface area contributed by atoms with Gasteiger partial charge in [0.25, 0.3) is 5.91 Å². The molecule has 0 radical (unpaired) electrons. The molecular formula is C21H26N4O4. The largest absolute Gasteiger partial charge is 0.481 e. The van der Waals surface area contributed by atoms with Gasteiger partial charge in [0.2, 0.25) is 0 Å². The minimum Gasteiger partial charge on any atom is -0.481 e. The number of rotatable bonds is 8. The summed E-state index contributed by atoms with van der Waals surface area (Å²) in [4.78, 5) is 28.3. The standard InChI is InChI=1S/C21H26N4O4/c1-12(2)25-20-17(11-23-25)16(21(28)22-8-6-5-7-19(26)27)10-18(24-20)15-9-13(3)29-14(15)4/h9-12H,5-8H2,1-4H3,(H,22,28)(H,26,27). The zero-order valence-electron chi connectivity index (χ0n) is 17.2. The van der Waals surface area contributed by atoms with Gasteiger partial charge in [0.15, 0.2) is 5.65 Å². The van der Waals surface area contributed by atoms with Crippen LogP contribution in [-0.2, 0) is 4.79 Å². The fourth-order valence-corrected chi connectivity index (χ4v) is 3.31. The van der Waals surface area contributed by atoms with Crippen LogP contribution < -0.4 is 5.32 Å². The van der Waals surface area contributed by atoms with Crippen LogP contribution in [-0.4, -0.2) is 38.3 Å². The lowest BCUT2D eigenvalue weighted by atomic mass is 10.1. The van der Waals surface area contributed by atoms with Gasteiger partial charge in [-0.1, -0.05) is 0 Å². The highest BCUT2D eigenvalue weighted by molar-refractivity contribution is 6.06. The SMILES string of the molecule is Cc1cc(-c2cc(C(=O)NCCCCC(=O)O)c3cnn(C(C)C)c3n2)c(C)o1. The molecule has 0 fully saturated rings. The van der Waals surface area contributed by atoms with E-state index in [9.17, 15) is 9.59 Å². The molecule has 8 heteroatoms. The third kappa shape index (κ3) is 4.47. The fourth-order valence-electron chi connectivity index (χ4n) is 3.31. The first-order valence-electron chi connectivity index (χ1n) is 9.73. The third-order valence-corrected chi connectivity index (χ3v) is 4.72. The number of aromatic nitrogens is 3. The highest BCUT2D eigenvalue weighted by Crippen LogP contribution is 2.30. The van der Waals surface area contributed by atoms with Crippen molar-refractivity contribution >= 4 is 22.9 Å². The van der Waals surface area contributed by atoms with E-state index in [1.807, 2.05) is 33.8 Å². The summed E-state index contributed by atoms with van der Waals surface area (Å²) in [5, 5.41) is 16.7. The predicted molar refractivity (Wildman–Crippen MR) is 109 cm³/mol. The molecule has 3 aromatic rings. The molecule has 0 spiro atoms. The Hall–Kier alpha value is -3.16. The van der Waals surface area contributed by atoms with Crippen molar-refractivity contribution in [3.05, 3.63) is 35.4 Å². The summed E-state index contributed by atoms with van der Waals surface area (Å²) in [6.07, 6.45) is 2.88. The van der Waals surface area contributed by atoms with Crippen molar-refractivity contribution in [3.63, 3.8) is 0 Å². The maximum atomic E-state index is 12.9. The van der Waals surface area contributed by atoms with Crippen molar-refractivity contribution in [1.29, 1.82) is 0 Å². The Kier molecular flexibility index (Phi) is 6.00. The second kappa shape index (κ2) is 8.46. The van der Waals surface area contributed by atoms with Crippen LogP contribution in [0.4, 0.5) is 0 Å². The number of carbonyl (C=O) groups excluding carboxylic acids is 1. The van der Waals surface area contributed by atoms with Gasteiger partial charge >= 0.3 is 5.97 Å². The van der Waals surface area contributed by atoms with E-state index >= 15 is 0 Å². The van der Waals surface area contributed by atoms with Gasteiger partial charge < -0.3 is 14.8 Å². The predicted octanol–water partition coefficient (Wildman–Crippen LogP) is 3.87. The Morgan fingerprint density at radius 1 is 1.24 bits per heavy atom. The molecule has 0 saturated carbocycles. The summed E-state index contributed by atoms with van der Waals surface area (Å²) >= 11 is 0. The number of hydrogen-bond acceptors (Lipinski definition) is 5. The second-order valence-corrected chi connectivity index (χ2v) is 7.41. The topological polar surface area (TPSA) is 110 Å². The third-order valence-electron chi connectivity index (χ3n) is 4.72. The molecule has 0 atom stereocenters. The van der Waals surface area contributed by atoms with Gasteiger partial charge in [-0.25, -0.2) is 9.67 Å². The number of hydrogen-bond donors (Lipinski definition) is 2. The normalized spacial score (nSPS) is 11.3. The Labute approximate surface area is 168 Å². The van der Waals surface area contributed by atoms with E-state index in [1.165, 1.54) is 0 Å². The van der Waals surface area contributed by atoms with E-state index in [0.29, 0.717) is 41.7 Å². The van der Waals surface area contributed by atoms with E-state index in [2.05, 4.69) is 10.4 Å². The number of nitrogens with one attached hydrogen (secondary N) is 1. The minimum atomic E-state index is -0.830. The van der Waals surface area contributed by atoms with Crippen molar-refractivity contribution in [3.8, 4) is 11.3 Å². The number of fused-ring (bicyclic) bond motifs is 1. The van der Waals surface area contributed by atoms with Crippen LogP contribution in [0.15, 0.2) is 22.7 Å². The van der Waals surface area contributed by atoms with E-state index in [4.69, 9.17) is 14.5 Å². The molecule has 8 nitrogen and oxygen atoms in total. The molecule has 0 unspecified atom stereocenters. The highest BCUT2D eigenvalue weighted by atomic mass is 16.4. The molecule has 3 rings (SSSR count). The summed E-state index contributed by atoms with van der Waals surface area (Å²) in [5.74, 6) is 0.463. The average Bonchev–Trinajstić information content (AvgIpc) is 3.22.